The van der Waals surface area contributed by atoms with Crippen molar-refractivity contribution in [2.24, 2.45) is 0 Å². The van der Waals surface area contributed by atoms with E-state index in [1.807, 2.05) is 47.0 Å². The Morgan fingerprint density at radius 3 is 2.79 bits per heavy atom. The van der Waals surface area contributed by atoms with Gasteiger partial charge in [0, 0.05) is 30.6 Å². The zero-order valence-electron chi connectivity index (χ0n) is 15.3. The maximum absolute atomic E-state index is 12.9. The van der Waals surface area contributed by atoms with Crippen molar-refractivity contribution in [1.29, 1.82) is 0 Å². The second kappa shape index (κ2) is 7.01. The van der Waals surface area contributed by atoms with Crippen LogP contribution < -0.4 is 4.90 Å². The van der Waals surface area contributed by atoms with Gasteiger partial charge in [0.1, 0.15) is 11.5 Å². The first-order chi connectivity index (χ1) is 13.8. The molecular formula is C21H19N5O2. The Hall–Kier alpha value is -3.32. The van der Waals surface area contributed by atoms with Crippen molar-refractivity contribution in [3.63, 3.8) is 0 Å². The van der Waals surface area contributed by atoms with E-state index in [-0.39, 0.29) is 12.2 Å². The van der Waals surface area contributed by atoms with Gasteiger partial charge < -0.3 is 9.64 Å². The predicted octanol–water partition coefficient (Wildman–Crippen LogP) is 2.54. The largest absolute Gasteiger partial charge is 0.378 e. The third-order valence-electron chi connectivity index (χ3n) is 4.95. The molecule has 1 saturated heterocycles. The molecule has 1 fully saturated rings. The van der Waals surface area contributed by atoms with Gasteiger partial charge in [0.25, 0.3) is 0 Å². The molecule has 0 atom stereocenters. The molecule has 140 valence electrons. The first-order valence-electron chi connectivity index (χ1n) is 9.33. The summed E-state index contributed by atoms with van der Waals surface area (Å²) in [5.41, 5.74) is 2.73. The maximum atomic E-state index is 12.9. The van der Waals surface area contributed by atoms with Gasteiger partial charge in [-0.15, -0.1) is 0 Å². The fourth-order valence-corrected chi connectivity index (χ4v) is 3.53. The van der Waals surface area contributed by atoms with Crippen molar-refractivity contribution in [1.82, 2.24) is 19.6 Å². The van der Waals surface area contributed by atoms with Crippen LogP contribution in [0.1, 0.15) is 16.2 Å². The molecule has 1 aliphatic rings. The average molecular weight is 373 g/mol. The number of pyridine rings is 1. The maximum Gasteiger partial charge on any atom is 0.187 e. The molecule has 0 saturated carbocycles. The number of anilines is 1. The number of rotatable bonds is 4. The molecule has 0 radical (unpaired) electrons. The number of ketones is 1. The van der Waals surface area contributed by atoms with Gasteiger partial charge in [-0.1, -0.05) is 24.3 Å². The number of para-hydroxylation sites is 1. The third-order valence-corrected chi connectivity index (χ3v) is 4.95. The van der Waals surface area contributed by atoms with Gasteiger partial charge in [-0.05, 0) is 12.1 Å². The lowest BCUT2D eigenvalue weighted by Gasteiger charge is -2.29. The lowest BCUT2D eigenvalue weighted by atomic mass is 10.1. The molecule has 3 aromatic heterocycles. The number of carbonyl (C=O) groups is 1. The zero-order chi connectivity index (χ0) is 18.9. The summed E-state index contributed by atoms with van der Waals surface area (Å²) < 4.78 is 7.27. The Morgan fingerprint density at radius 1 is 1.04 bits per heavy atom. The van der Waals surface area contributed by atoms with Crippen LogP contribution in [0, 0.1) is 0 Å². The van der Waals surface area contributed by atoms with Crippen molar-refractivity contribution in [2.75, 3.05) is 31.2 Å². The minimum Gasteiger partial charge on any atom is -0.378 e. The van der Waals surface area contributed by atoms with Crippen LogP contribution in [0.5, 0.6) is 0 Å². The van der Waals surface area contributed by atoms with E-state index in [1.165, 1.54) is 0 Å². The highest BCUT2D eigenvalue weighted by Gasteiger charge is 2.18. The van der Waals surface area contributed by atoms with Crippen LogP contribution in [0.2, 0.25) is 0 Å². The zero-order valence-corrected chi connectivity index (χ0v) is 15.3. The highest BCUT2D eigenvalue weighted by atomic mass is 16.5. The van der Waals surface area contributed by atoms with E-state index >= 15 is 0 Å². The van der Waals surface area contributed by atoms with Crippen molar-refractivity contribution in [2.45, 2.75) is 6.42 Å². The van der Waals surface area contributed by atoms with E-state index in [1.54, 1.807) is 12.3 Å². The van der Waals surface area contributed by atoms with Crippen LogP contribution in [-0.4, -0.2) is 51.7 Å². The summed E-state index contributed by atoms with van der Waals surface area (Å²) in [5.74, 6) is 0.891. The number of carbonyl (C=O) groups excluding carboxylic acids is 1. The van der Waals surface area contributed by atoms with Crippen molar-refractivity contribution in [3.8, 4) is 0 Å². The molecule has 0 bridgehead atoms. The van der Waals surface area contributed by atoms with Crippen molar-refractivity contribution >= 4 is 28.2 Å². The van der Waals surface area contributed by atoms with Gasteiger partial charge in [-0.25, -0.2) is 9.97 Å². The molecular weight excluding hydrogens is 354 g/mol. The molecule has 0 amide bonds. The molecule has 0 N–H and O–H groups in total. The highest BCUT2D eigenvalue weighted by Crippen LogP contribution is 2.20. The average Bonchev–Trinajstić information content (AvgIpc) is 3.22. The molecule has 0 aliphatic carbocycles. The number of hydrogen-bond acceptors (Lipinski definition) is 6. The molecule has 4 heterocycles. The predicted molar refractivity (Wildman–Crippen MR) is 106 cm³/mol. The van der Waals surface area contributed by atoms with E-state index in [2.05, 4.69) is 20.0 Å². The first kappa shape index (κ1) is 16.8. The molecule has 4 aromatic rings. The Labute approximate surface area is 161 Å². The van der Waals surface area contributed by atoms with Crippen LogP contribution in [0.15, 0.2) is 54.7 Å². The lowest BCUT2D eigenvalue weighted by Crippen LogP contribution is -2.37. The van der Waals surface area contributed by atoms with Crippen LogP contribution in [0.4, 0.5) is 5.82 Å². The molecule has 7 nitrogen and oxygen atoms in total. The van der Waals surface area contributed by atoms with Crippen molar-refractivity contribution < 1.29 is 9.53 Å². The van der Waals surface area contributed by atoms with Gasteiger partial charge in [0.15, 0.2) is 11.4 Å². The summed E-state index contributed by atoms with van der Waals surface area (Å²) in [5, 5.41) is 5.40. The molecule has 7 heteroatoms. The Balaban J connectivity index is 1.47. The van der Waals surface area contributed by atoms with Crippen molar-refractivity contribution in [3.05, 3.63) is 66.1 Å². The minimum atomic E-state index is -0.0463. The van der Waals surface area contributed by atoms with E-state index < -0.39 is 0 Å². The van der Waals surface area contributed by atoms with Gasteiger partial charge in [-0.2, -0.15) is 9.61 Å². The molecule has 0 spiro atoms. The van der Waals surface area contributed by atoms with Crippen LogP contribution in [0.25, 0.3) is 16.6 Å². The Morgan fingerprint density at radius 2 is 1.89 bits per heavy atom. The topological polar surface area (TPSA) is 72.6 Å². The number of nitrogens with zero attached hydrogens (tertiary/aromatic N) is 5. The fraction of sp³-hybridized carbons (Fsp3) is 0.238. The van der Waals surface area contributed by atoms with Gasteiger partial charge in [0.2, 0.25) is 0 Å². The van der Waals surface area contributed by atoms with Crippen LogP contribution >= 0.6 is 0 Å². The van der Waals surface area contributed by atoms with E-state index in [0.29, 0.717) is 18.9 Å². The molecule has 5 rings (SSSR count). The third kappa shape index (κ3) is 3.10. The van der Waals surface area contributed by atoms with Gasteiger partial charge >= 0.3 is 0 Å². The number of hydrogen-bond donors (Lipinski definition) is 0. The standard InChI is InChI=1S/C21H19N5O2/c27-19(18-6-5-15-3-1-2-4-17(15)24-18)13-16-14-21(25-9-11-28-12-10-25)26-20(23-16)7-8-22-26/h1-8,14H,9-13H2. The second-order valence-corrected chi connectivity index (χ2v) is 6.80. The summed E-state index contributed by atoms with van der Waals surface area (Å²) in [7, 11) is 0. The summed E-state index contributed by atoms with van der Waals surface area (Å²) in [6, 6.07) is 15.3. The normalized spacial score (nSPS) is 14.6. The molecule has 1 aromatic carbocycles. The Bertz CT molecular complexity index is 1160. The van der Waals surface area contributed by atoms with E-state index in [9.17, 15) is 4.79 Å². The number of ether oxygens (including phenoxy) is 1. The fourth-order valence-electron chi connectivity index (χ4n) is 3.53. The van der Waals surface area contributed by atoms with Crippen LogP contribution in [0.3, 0.4) is 0 Å². The summed E-state index contributed by atoms with van der Waals surface area (Å²) in [4.78, 5) is 24.2. The lowest BCUT2D eigenvalue weighted by molar-refractivity contribution is 0.0987. The van der Waals surface area contributed by atoms with Gasteiger partial charge in [0.05, 0.1) is 37.0 Å². The number of aromatic nitrogens is 4. The Kier molecular flexibility index (Phi) is 4.21. The summed E-state index contributed by atoms with van der Waals surface area (Å²) >= 11 is 0. The molecule has 28 heavy (non-hydrogen) atoms. The van der Waals surface area contributed by atoms with E-state index in [0.717, 1.165) is 41.2 Å². The number of Topliss-reactive ketones (excluding diaryl/α,β-unsaturated/α-hetero) is 1. The quantitative estimate of drug-likeness (QED) is 0.512. The molecule has 0 unspecified atom stereocenters. The minimum absolute atomic E-state index is 0.0463. The number of benzene rings is 1. The van der Waals surface area contributed by atoms with Crippen LogP contribution in [-0.2, 0) is 11.2 Å². The van der Waals surface area contributed by atoms with Gasteiger partial charge in [-0.3, -0.25) is 4.79 Å². The summed E-state index contributed by atoms with van der Waals surface area (Å²) in [6.07, 6.45) is 1.92. The summed E-state index contributed by atoms with van der Waals surface area (Å²) in [6.45, 7) is 2.94. The SMILES string of the molecule is O=C(Cc1cc(N2CCOCC2)n2nccc2n1)c1ccc2ccccc2n1. The number of fused-ring (bicyclic) bond motifs is 2. The first-order valence-corrected chi connectivity index (χ1v) is 9.33. The second-order valence-electron chi connectivity index (χ2n) is 6.80. The number of morpholine rings is 1. The smallest absolute Gasteiger partial charge is 0.187 e. The molecule has 1 aliphatic heterocycles. The monoisotopic (exact) mass is 373 g/mol. The van der Waals surface area contributed by atoms with E-state index in [4.69, 9.17) is 4.74 Å². The highest BCUT2D eigenvalue weighted by molar-refractivity contribution is 5.97.